The summed E-state index contributed by atoms with van der Waals surface area (Å²) in [5, 5.41) is 5.62. The number of alkyl halides is 3. The van der Waals surface area contributed by atoms with Crippen LogP contribution in [0.15, 0.2) is 29.3 Å². The summed E-state index contributed by atoms with van der Waals surface area (Å²) in [5.74, 6) is 1.58. The summed E-state index contributed by atoms with van der Waals surface area (Å²) in [5.41, 5.74) is 0.935. The van der Waals surface area contributed by atoms with Gasteiger partial charge in [-0.15, -0.1) is 24.0 Å². The molecule has 0 bridgehead atoms. The van der Waals surface area contributed by atoms with Crippen LogP contribution in [0.2, 0.25) is 0 Å². The van der Waals surface area contributed by atoms with Gasteiger partial charge in [-0.1, -0.05) is 26.0 Å². The summed E-state index contributed by atoms with van der Waals surface area (Å²) < 4.78 is 42.3. The van der Waals surface area contributed by atoms with Crippen molar-refractivity contribution in [1.82, 2.24) is 10.6 Å². The van der Waals surface area contributed by atoms with Gasteiger partial charge in [0.15, 0.2) is 5.96 Å². The topological polar surface area (TPSA) is 45.7 Å². The highest BCUT2D eigenvalue weighted by Gasteiger charge is 2.26. The molecule has 8 heteroatoms. The van der Waals surface area contributed by atoms with Crippen molar-refractivity contribution in [3.05, 3.63) is 29.8 Å². The van der Waals surface area contributed by atoms with Gasteiger partial charge in [-0.05, 0) is 30.5 Å². The van der Waals surface area contributed by atoms with E-state index in [1.54, 1.807) is 0 Å². The quantitative estimate of drug-likeness (QED) is 0.336. The fourth-order valence-corrected chi connectivity index (χ4v) is 1.83. The van der Waals surface area contributed by atoms with Gasteiger partial charge < -0.3 is 15.4 Å². The van der Waals surface area contributed by atoms with Crippen LogP contribution in [-0.4, -0.2) is 31.8 Å². The first-order chi connectivity index (χ1) is 11.3. The summed E-state index contributed by atoms with van der Waals surface area (Å²) in [6.07, 6.45) is -5.07. The molecule has 1 aromatic carbocycles. The van der Waals surface area contributed by atoms with Crippen LogP contribution in [0.1, 0.15) is 32.8 Å². The average Bonchev–Trinajstić information content (AvgIpc) is 2.50. The maximum atomic E-state index is 12.2. The maximum Gasteiger partial charge on any atom is 0.390 e. The van der Waals surface area contributed by atoms with Crippen molar-refractivity contribution in [3.63, 3.8) is 0 Å². The molecule has 0 amide bonds. The zero-order valence-electron chi connectivity index (χ0n) is 14.8. The van der Waals surface area contributed by atoms with Gasteiger partial charge in [-0.25, -0.2) is 4.99 Å². The Morgan fingerprint density at radius 3 is 2.56 bits per heavy atom. The maximum absolute atomic E-state index is 12.2. The molecule has 0 saturated heterocycles. The number of nitrogens with zero attached hydrogens (tertiary/aromatic N) is 1. The van der Waals surface area contributed by atoms with Gasteiger partial charge in [0.1, 0.15) is 5.75 Å². The van der Waals surface area contributed by atoms with Crippen molar-refractivity contribution in [2.75, 3.05) is 19.7 Å². The van der Waals surface area contributed by atoms with E-state index in [-0.39, 0.29) is 30.5 Å². The van der Waals surface area contributed by atoms with Gasteiger partial charge in [0, 0.05) is 13.1 Å². The summed E-state index contributed by atoms with van der Waals surface area (Å²) >= 11 is 0. The summed E-state index contributed by atoms with van der Waals surface area (Å²) in [6, 6.07) is 7.56. The number of ether oxygens (including phenoxy) is 1. The number of hydrogen-bond acceptors (Lipinski definition) is 2. The molecule has 144 valence electrons. The monoisotopic (exact) mass is 473 g/mol. The SMILES string of the molecule is CCNC(=NCc1cccc(OCC(C)C)c1)NCCC(F)(F)F.I. The van der Waals surface area contributed by atoms with E-state index in [1.165, 1.54) is 0 Å². The van der Waals surface area contributed by atoms with Crippen molar-refractivity contribution in [2.45, 2.75) is 39.9 Å². The highest BCUT2D eigenvalue weighted by Crippen LogP contribution is 2.18. The zero-order chi connectivity index (χ0) is 18.0. The predicted molar refractivity (Wildman–Crippen MR) is 106 cm³/mol. The van der Waals surface area contributed by atoms with Crippen molar-refractivity contribution < 1.29 is 17.9 Å². The standard InChI is InChI=1S/C17H26F3N3O.HI/c1-4-21-16(22-9-8-17(18,19)20)23-11-14-6-5-7-15(10-14)24-12-13(2)3;/h5-7,10,13H,4,8-9,11-12H2,1-3H3,(H2,21,22,23);1H. The Morgan fingerprint density at radius 2 is 1.96 bits per heavy atom. The average molecular weight is 473 g/mol. The molecule has 0 atom stereocenters. The number of aliphatic imine (C=N–C) groups is 1. The summed E-state index contributed by atoms with van der Waals surface area (Å²) in [6.45, 7) is 7.38. The van der Waals surface area contributed by atoms with E-state index in [0.29, 0.717) is 31.6 Å². The normalized spacial score (nSPS) is 11.9. The van der Waals surface area contributed by atoms with Crippen LogP contribution in [0.4, 0.5) is 13.2 Å². The summed E-state index contributed by atoms with van der Waals surface area (Å²) in [4.78, 5) is 4.31. The molecule has 2 N–H and O–H groups in total. The minimum Gasteiger partial charge on any atom is -0.493 e. The van der Waals surface area contributed by atoms with Crippen LogP contribution in [0.3, 0.4) is 0 Å². The molecule has 0 radical (unpaired) electrons. The largest absolute Gasteiger partial charge is 0.493 e. The number of guanidine groups is 1. The molecule has 0 aliphatic heterocycles. The molecule has 0 saturated carbocycles. The molecule has 0 aliphatic carbocycles. The third-order valence-electron chi connectivity index (χ3n) is 2.95. The van der Waals surface area contributed by atoms with Crippen molar-refractivity contribution >= 4 is 29.9 Å². The zero-order valence-corrected chi connectivity index (χ0v) is 17.2. The van der Waals surface area contributed by atoms with E-state index in [0.717, 1.165) is 11.3 Å². The lowest BCUT2D eigenvalue weighted by molar-refractivity contribution is -0.132. The summed E-state index contributed by atoms with van der Waals surface area (Å²) in [7, 11) is 0. The first kappa shape index (κ1) is 23.8. The minimum absolute atomic E-state index is 0. The second-order valence-electron chi connectivity index (χ2n) is 5.84. The van der Waals surface area contributed by atoms with Crippen LogP contribution >= 0.6 is 24.0 Å². The number of rotatable bonds is 8. The Hall–Kier alpha value is -1.19. The number of halogens is 4. The highest BCUT2D eigenvalue weighted by atomic mass is 127. The molecule has 0 fully saturated rings. The first-order valence-corrected chi connectivity index (χ1v) is 8.11. The molecular formula is C17H27F3IN3O. The second-order valence-corrected chi connectivity index (χ2v) is 5.84. The lowest BCUT2D eigenvalue weighted by Crippen LogP contribution is -2.38. The first-order valence-electron chi connectivity index (χ1n) is 8.11. The number of hydrogen-bond donors (Lipinski definition) is 2. The predicted octanol–water partition coefficient (Wildman–Crippen LogP) is 4.35. The third kappa shape index (κ3) is 11.9. The molecule has 0 heterocycles. The van der Waals surface area contributed by atoms with Gasteiger partial charge in [0.05, 0.1) is 19.6 Å². The van der Waals surface area contributed by atoms with Crippen LogP contribution in [0, 0.1) is 5.92 Å². The molecule has 0 unspecified atom stereocenters. The van der Waals surface area contributed by atoms with Gasteiger partial charge >= 0.3 is 6.18 Å². The van der Waals surface area contributed by atoms with E-state index in [2.05, 4.69) is 29.5 Å². The second kappa shape index (κ2) is 12.2. The molecule has 1 aromatic rings. The smallest absolute Gasteiger partial charge is 0.390 e. The Labute approximate surface area is 164 Å². The van der Waals surface area contributed by atoms with Gasteiger partial charge in [-0.2, -0.15) is 13.2 Å². The number of nitrogens with one attached hydrogen (secondary N) is 2. The Balaban J connectivity index is 0.00000576. The van der Waals surface area contributed by atoms with E-state index in [4.69, 9.17) is 4.74 Å². The lowest BCUT2D eigenvalue weighted by atomic mass is 10.2. The fourth-order valence-electron chi connectivity index (χ4n) is 1.83. The van der Waals surface area contributed by atoms with E-state index in [1.807, 2.05) is 31.2 Å². The van der Waals surface area contributed by atoms with Crippen LogP contribution in [0.5, 0.6) is 5.75 Å². The lowest BCUT2D eigenvalue weighted by Gasteiger charge is -2.13. The van der Waals surface area contributed by atoms with Crippen LogP contribution in [0.25, 0.3) is 0 Å². The van der Waals surface area contributed by atoms with Crippen molar-refractivity contribution in [3.8, 4) is 5.75 Å². The number of benzene rings is 1. The molecule has 25 heavy (non-hydrogen) atoms. The van der Waals surface area contributed by atoms with E-state index >= 15 is 0 Å². The Morgan fingerprint density at radius 1 is 1.24 bits per heavy atom. The van der Waals surface area contributed by atoms with Crippen molar-refractivity contribution in [2.24, 2.45) is 10.9 Å². The van der Waals surface area contributed by atoms with E-state index < -0.39 is 12.6 Å². The molecule has 0 aliphatic rings. The van der Waals surface area contributed by atoms with Crippen LogP contribution < -0.4 is 15.4 Å². The third-order valence-corrected chi connectivity index (χ3v) is 2.95. The minimum atomic E-state index is -4.17. The molecule has 0 aromatic heterocycles. The Bertz CT molecular complexity index is 522. The van der Waals surface area contributed by atoms with Crippen molar-refractivity contribution in [1.29, 1.82) is 0 Å². The van der Waals surface area contributed by atoms with E-state index in [9.17, 15) is 13.2 Å². The van der Waals surface area contributed by atoms with Gasteiger partial charge in [0.25, 0.3) is 0 Å². The molecule has 4 nitrogen and oxygen atoms in total. The van der Waals surface area contributed by atoms with Gasteiger partial charge in [0.2, 0.25) is 0 Å². The molecule has 0 spiro atoms. The Kier molecular flexibility index (Phi) is 11.6. The molecular weight excluding hydrogens is 446 g/mol. The van der Waals surface area contributed by atoms with Crippen LogP contribution in [-0.2, 0) is 6.54 Å². The molecule has 1 rings (SSSR count). The fraction of sp³-hybridized carbons (Fsp3) is 0.588. The van der Waals surface area contributed by atoms with Gasteiger partial charge in [-0.3, -0.25) is 0 Å². The highest BCUT2D eigenvalue weighted by molar-refractivity contribution is 14.0.